The fraction of sp³-hybridized carbons (Fsp3) is 0. The summed E-state index contributed by atoms with van der Waals surface area (Å²) in [5, 5.41) is 16.2. The van der Waals surface area contributed by atoms with Gasteiger partial charge >= 0.3 is 0 Å². The minimum absolute atomic E-state index is 0.909. The maximum atomic E-state index is 5.64. The lowest BCUT2D eigenvalue weighted by Crippen LogP contribution is -1.96. The Hall–Kier alpha value is -6.20. The SMILES string of the molecule is c1ccc2cc(-c3nc4c(nc3-c3cc5ccccc5c5c6ccccc6c6c7cc8ccccc8cc7sc6c35)sc3ccccc34)ccc2c1. The lowest BCUT2D eigenvalue weighted by atomic mass is 9.88. The minimum atomic E-state index is 0.909. The Morgan fingerprint density at radius 1 is 0.365 bits per heavy atom. The molecule has 0 aliphatic heterocycles. The first-order chi connectivity index (χ1) is 25.8. The quantitative estimate of drug-likeness (QED) is 0.168. The highest BCUT2D eigenvalue weighted by Crippen LogP contribution is 2.51. The summed E-state index contributed by atoms with van der Waals surface area (Å²) >= 11 is 3.63. The summed E-state index contributed by atoms with van der Waals surface area (Å²) in [6.45, 7) is 0. The smallest absolute Gasteiger partial charge is 0.143 e. The van der Waals surface area contributed by atoms with Crippen LogP contribution in [0.4, 0.5) is 0 Å². The van der Waals surface area contributed by atoms with Gasteiger partial charge in [-0.1, -0.05) is 127 Å². The van der Waals surface area contributed by atoms with Gasteiger partial charge in [0.2, 0.25) is 0 Å². The van der Waals surface area contributed by atoms with Gasteiger partial charge in [0.05, 0.1) is 11.4 Å². The van der Waals surface area contributed by atoms with Crippen molar-refractivity contribution in [1.29, 1.82) is 0 Å². The lowest BCUT2D eigenvalue weighted by molar-refractivity contribution is 1.32. The molecule has 0 spiro atoms. The van der Waals surface area contributed by atoms with Crippen molar-refractivity contribution in [3.8, 4) is 22.5 Å². The van der Waals surface area contributed by atoms with E-state index < -0.39 is 0 Å². The van der Waals surface area contributed by atoms with Gasteiger partial charge in [0.15, 0.2) is 0 Å². The third kappa shape index (κ3) is 3.99. The Bertz CT molecular complexity index is 3480. The normalized spacial score (nSPS) is 12.2. The van der Waals surface area contributed by atoms with Crippen LogP contribution in [0.3, 0.4) is 0 Å². The molecule has 4 heteroatoms. The predicted octanol–water partition coefficient (Wildman–Crippen LogP) is 14.3. The molecule has 9 aromatic carbocycles. The van der Waals surface area contributed by atoms with Crippen LogP contribution in [-0.2, 0) is 0 Å². The van der Waals surface area contributed by atoms with Crippen molar-refractivity contribution in [3.63, 3.8) is 0 Å². The first kappa shape index (κ1) is 28.5. The third-order valence-electron chi connectivity index (χ3n) is 10.8. The van der Waals surface area contributed by atoms with Crippen molar-refractivity contribution >= 4 is 117 Å². The second-order valence-electron chi connectivity index (χ2n) is 13.7. The van der Waals surface area contributed by atoms with Gasteiger partial charge in [-0.05, 0) is 78.8 Å². The van der Waals surface area contributed by atoms with Crippen LogP contribution in [-0.4, -0.2) is 9.97 Å². The number of hydrogen-bond donors (Lipinski definition) is 0. The van der Waals surface area contributed by atoms with E-state index in [0.717, 1.165) is 38.2 Å². The maximum Gasteiger partial charge on any atom is 0.143 e. The molecule has 0 fully saturated rings. The molecule has 0 atom stereocenters. The van der Waals surface area contributed by atoms with Crippen LogP contribution in [0.5, 0.6) is 0 Å². The number of hydrogen-bond acceptors (Lipinski definition) is 4. The number of fused-ring (bicyclic) bond motifs is 15. The molecule has 0 radical (unpaired) electrons. The van der Waals surface area contributed by atoms with Crippen LogP contribution in [0.1, 0.15) is 0 Å². The van der Waals surface area contributed by atoms with Crippen LogP contribution >= 0.6 is 22.7 Å². The van der Waals surface area contributed by atoms with Gasteiger partial charge in [0.1, 0.15) is 10.3 Å². The van der Waals surface area contributed by atoms with Crippen molar-refractivity contribution < 1.29 is 0 Å². The zero-order chi connectivity index (χ0) is 33.9. The Kier molecular flexibility index (Phi) is 5.84. The summed E-state index contributed by atoms with van der Waals surface area (Å²) in [5.74, 6) is 0. The zero-order valence-electron chi connectivity index (χ0n) is 27.7. The van der Waals surface area contributed by atoms with Crippen LogP contribution in [0.25, 0.3) is 117 Å². The van der Waals surface area contributed by atoms with E-state index in [1.54, 1.807) is 11.3 Å². The van der Waals surface area contributed by atoms with E-state index >= 15 is 0 Å². The Labute approximate surface area is 305 Å². The molecule has 2 nitrogen and oxygen atoms in total. The van der Waals surface area contributed by atoms with Crippen molar-refractivity contribution in [3.05, 3.63) is 158 Å². The summed E-state index contributed by atoms with van der Waals surface area (Å²) in [7, 11) is 0. The largest absolute Gasteiger partial charge is 0.242 e. The van der Waals surface area contributed by atoms with E-state index in [2.05, 4.69) is 158 Å². The van der Waals surface area contributed by atoms with Gasteiger partial charge in [0.25, 0.3) is 0 Å². The molecule has 12 rings (SSSR count). The third-order valence-corrected chi connectivity index (χ3v) is 13.0. The van der Waals surface area contributed by atoms with Crippen LogP contribution in [0, 0.1) is 0 Å². The lowest BCUT2D eigenvalue weighted by Gasteiger charge is -2.17. The van der Waals surface area contributed by atoms with Crippen molar-refractivity contribution in [2.45, 2.75) is 0 Å². The molecule has 240 valence electrons. The standard InChI is InChI=1S/C48H26N2S2/c1-2-12-28-23-32(22-21-27(28)11-1)44-45(50-48-46(49-44)36-19-9-10-20-39(36)52-48)38-25-31-15-5-6-16-33(31)41-34-17-7-8-18-35(34)42-37-24-29-13-3-4-14-30(29)26-40(37)51-47(42)43(38)41/h1-26H. The average Bonchev–Trinajstić information content (AvgIpc) is 3.76. The van der Waals surface area contributed by atoms with Gasteiger partial charge in [0, 0.05) is 46.8 Å². The number of nitrogens with zero attached hydrogens (tertiary/aromatic N) is 2. The Balaban J connectivity index is 1.31. The molecular weight excluding hydrogens is 669 g/mol. The molecule has 12 aromatic rings. The summed E-state index contributed by atoms with van der Waals surface area (Å²) in [6, 6.07) is 57.5. The van der Waals surface area contributed by atoms with E-state index in [-0.39, 0.29) is 0 Å². The van der Waals surface area contributed by atoms with Crippen LogP contribution < -0.4 is 0 Å². The van der Waals surface area contributed by atoms with Gasteiger partial charge in [-0.15, -0.1) is 22.7 Å². The maximum absolute atomic E-state index is 5.64. The van der Waals surface area contributed by atoms with E-state index in [9.17, 15) is 0 Å². The van der Waals surface area contributed by atoms with Crippen LogP contribution in [0.2, 0.25) is 0 Å². The first-order valence-corrected chi connectivity index (χ1v) is 19.2. The van der Waals surface area contributed by atoms with Gasteiger partial charge in [-0.25, -0.2) is 9.97 Å². The zero-order valence-corrected chi connectivity index (χ0v) is 29.4. The topological polar surface area (TPSA) is 25.8 Å². The van der Waals surface area contributed by atoms with E-state index in [1.165, 1.54) is 78.7 Å². The van der Waals surface area contributed by atoms with Crippen molar-refractivity contribution in [1.82, 2.24) is 9.97 Å². The molecular formula is C48H26N2S2. The molecule has 0 saturated heterocycles. The summed E-state index contributed by atoms with van der Waals surface area (Å²) in [6.07, 6.45) is 0. The number of benzene rings is 9. The second kappa shape index (κ2) is 10.7. The van der Waals surface area contributed by atoms with E-state index in [4.69, 9.17) is 9.97 Å². The molecule has 3 aromatic heterocycles. The highest BCUT2D eigenvalue weighted by molar-refractivity contribution is 7.27. The fourth-order valence-electron chi connectivity index (χ4n) is 8.44. The van der Waals surface area contributed by atoms with Gasteiger partial charge < -0.3 is 0 Å². The summed E-state index contributed by atoms with van der Waals surface area (Å²) in [5.41, 5.74) is 4.98. The van der Waals surface area contributed by atoms with Crippen LogP contribution in [0.15, 0.2) is 158 Å². The van der Waals surface area contributed by atoms with E-state index in [0.29, 0.717) is 0 Å². The Morgan fingerprint density at radius 2 is 1.00 bits per heavy atom. The monoisotopic (exact) mass is 694 g/mol. The molecule has 0 aliphatic rings. The first-order valence-electron chi connectivity index (χ1n) is 17.6. The number of rotatable bonds is 2. The van der Waals surface area contributed by atoms with E-state index in [1.807, 2.05) is 11.3 Å². The predicted molar refractivity (Wildman–Crippen MR) is 226 cm³/mol. The average molecular weight is 695 g/mol. The number of thiophene rings is 2. The Morgan fingerprint density at radius 3 is 1.81 bits per heavy atom. The minimum Gasteiger partial charge on any atom is -0.242 e. The molecule has 0 bridgehead atoms. The molecule has 0 amide bonds. The molecule has 3 heterocycles. The van der Waals surface area contributed by atoms with Gasteiger partial charge in [-0.2, -0.15) is 0 Å². The van der Waals surface area contributed by atoms with Gasteiger partial charge in [-0.3, -0.25) is 0 Å². The number of aromatic nitrogens is 2. The highest BCUT2D eigenvalue weighted by atomic mass is 32.1. The highest BCUT2D eigenvalue weighted by Gasteiger charge is 2.24. The fourth-order valence-corrected chi connectivity index (χ4v) is 10.8. The summed E-state index contributed by atoms with van der Waals surface area (Å²) < 4.78 is 3.79. The summed E-state index contributed by atoms with van der Waals surface area (Å²) in [4.78, 5) is 12.2. The molecule has 52 heavy (non-hydrogen) atoms. The molecule has 0 unspecified atom stereocenters. The van der Waals surface area contributed by atoms with Crippen molar-refractivity contribution in [2.75, 3.05) is 0 Å². The second-order valence-corrected chi connectivity index (χ2v) is 15.8. The molecule has 0 N–H and O–H groups in total. The van der Waals surface area contributed by atoms with Crippen molar-refractivity contribution in [2.24, 2.45) is 0 Å². The molecule has 0 aliphatic carbocycles. The molecule has 0 saturated carbocycles.